The summed E-state index contributed by atoms with van der Waals surface area (Å²) in [5.41, 5.74) is 2.07. The first-order valence-electron chi connectivity index (χ1n) is 9.24. The molecule has 6 nitrogen and oxygen atoms in total. The standard InChI is InChI=1S/C21H15F3N4O2/c1-11-18-14(12-5-4-6-13(9-12)21(22,23)24)10-17(29)26-19(18)28(27-11)20-25-15-7-2-3-8-16(15)30-20/h2-9,14H,10H2,1H3,(H,26,29)/t14-/m1/s1. The number of carbonyl (C=O) groups is 1. The average Bonchev–Trinajstić information content (AvgIpc) is 3.28. The maximum absolute atomic E-state index is 13.2. The van der Waals surface area contributed by atoms with E-state index in [0.717, 1.165) is 12.1 Å². The van der Waals surface area contributed by atoms with Crippen LogP contribution in [-0.4, -0.2) is 20.7 Å². The molecule has 0 aliphatic carbocycles. The molecule has 1 amide bonds. The quantitative estimate of drug-likeness (QED) is 0.513. The minimum Gasteiger partial charge on any atom is -0.422 e. The maximum atomic E-state index is 13.2. The Bertz CT molecular complexity index is 1260. The molecule has 0 radical (unpaired) electrons. The van der Waals surface area contributed by atoms with Crippen LogP contribution in [0.3, 0.4) is 0 Å². The van der Waals surface area contributed by atoms with Crippen LogP contribution in [0.15, 0.2) is 52.9 Å². The van der Waals surface area contributed by atoms with E-state index in [2.05, 4.69) is 15.4 Å². The van der Waals surface area contributed by atoms with Crippen molar-refractivity contribution in [3.05, 3.63) is 70.9 Å². The van der Waals surface area contributed by atoms with Gasteiger partial charge in [-0.25, -0.2) is 0 Å². The van der Waals surface area contributed by atoms with Gasteiger partial charge >= 0.3 is 12.2 Å². The number of aryl methyl sites for hydroxylation is 1. The predicted molar refractivity (Wildman–Crippen MR) is 102 cm³/mol. The molecule has 9 heteroatoms. The molecular formula is C21H15F3N4O2. The van der Waals surface area contributed by atoms with Crippen LogP contribution < -0.4 is 5.32 Å². The van der Waals surface area contributed by atoms with E-state index >= 15 is 0 Å². The molecule has 0 bridgehead atoms. The second kappa shape index (κ2) is 6.45. The minimum absolute atomic E-state index is 0.0222. The highest BCUT2D eigenvalue weighted by Crippen LogP contribution is 2.41. The van der Waals surface area contributed by atoms with Crippen molar-refractivity contribution in [2.75, 3.05) is 5.32 Å². The predicted octanol–water partition coefficient (Wildman–Crippen LogP) is 4.81. The summed E-state index contributed by atoms with van der Waals surface area (Å²) in [6.07, 6.45) is -4.44. The van der Waals surface area contributed by atoms with Crippen LogP contribution in [0, 0.1) is 6.92 Å². The second-order valence-corrected chi connectivity index (χ2v) is 7.15. The fourth-order valence-corrected chi connectivity index (χ4v) is 3.85. The number of amides is 1. The first kappa shape index (κ1) is 18.4. The fourth-order valence-electron chi connectivity index (χ4n) is 3.85. The van der Waals surface area contributed by atoms with E-state index in [9.17, 15) is 18.0 Å². The van der Waals surface area contributed by atoms with Gasteiger partial charge in [0.1, 0.15) is 11.3 Å². The normalized spacial score (nSPS) is 16.5. The number of rotatable bonds is 2. The number of carbonyl (C=O) groups excluding carboxylic acids is 1. The summed E-state index contributed by atoms with van der Waals surface area (Å²) >= 11 is 0. The van der Waals surface area contributed by atoms with Gasteiger partial charge in [-0.1, -0.05) is 30.3 Å². The summed E-state index contributed by atoms with van der Waals surface area (Å²) in [6, 6.07) is 12.4. The van der Waals surface area contributed by atoms with Gasteiger partial charge in [-0.2, -0.15) is 27.9 Å². The molecule has 1 atom stereocenters. The number of anilines is 1. The Morgan fingerprint density at radius 1 is 1.17 bits per heavy atom. The van der Waals surface area contributed by atoms with Gasteiger partial charge in [-0.3, -0.25) is 4.79 Å². The van der Waals surface area contributed by atoms with Gasteiger partial charge in [0, 0.05) is 17.9 Å². The smallest absolute Gasteiger partial charge is 0.416 e. The summed E-state index contributed by atoms with van der Waals surface area (Å²) in [5, 5.41) is 7.24. The molecule has 1 N–H and O–H groups in total. The third-order valence-electron chi connectivity index (χ3n) is 5.18. The number of fused-ring (bicyclic) bond motifs is 2. The monoisotopic (exact) mass is 412 g/mol. The Kier molecular flexibility index (Phi) is 3.96. The molecule has 1 aliphatic rings. The number of alkyl halides is 3. The molecule has 152 valence electrons. The van der Waals surface area contributed by atoms with Crippen molar-refractivity contribution in [2.24, 2.45) is 0 Å². The van der Waals surface area contributed by atoms with E-state index in [-0.39, 0.29) is 18.3 Å². The lowest BCUT2D eigenvalue weighted by Crippen LogP contribution is -2.25. The van der Waals surface area contributed by atoms with Crippen LogP contribution in [0.2, 0.25) is 0 Å². The molecule has 1 aliphatic heterocycles. The average molecular weight is 412 g/mol. The zero-order valence-corrected chi connectivity index (χ0v) is 15.7. The number of benzene rings is 2. The number of aromatic nitrogens is 3. The van der Waals surface area contributed by atoms with E-state index in [1.165, 1.54) is 10.7 Å². The van der Waals surface area contributed by atoms with Gasteiger partial charge in [-0.15, -0.1) is 0 Å². The Hall–Kier alpha value is -3.62. The number of halogens is 3. The number of nitrogens with zero attached hydrogens (tertiary/aromatic N) is 3. The summed E-state index contributed by atoms with van der Waals surface area (Å²) < 4.78 is 46.7. The molecule has 3 heterocycles. The lowest BCUT2D eigenvalue weighted by molar-refractivity contribution is -0.137. The summed E-state index contributed by atoms with van der Waals surface area (Å²) in [7, 11) is 0. The van der Waals surface area contributed by atoms with Crippen molar-refractivity contribution in [3.63, 3.8) is 0 Å². The van der Waals surface area contributed by atoms with E-state index in [1.807, 2.05) is 12.1 Å². The highest BCUT2D eigenvalue weighted by Gasteiger charge is 2.36. The first-order valence-corrected chi connectivity index (χ1v) is 9.24. The molecule has 2 aromatic heterocycles. The highest BCUT2D eigenvalue weighted by atomic mass is 19.4. The van der Waals surface area contributed by atoms with Crippen molar-refractivity contribution in [3.8, 4) is 6.01 Å². The third kappa shape index (κ3) is 2.94. The summed E-state index contributed by atoms with van der Waals surface area (Å²) in [6.45, 7) is 1.75. The van der Waals surface area contributed by atoms with E-state index in [0.29, 0.717) is 33.7 Å². The third-order valence-corrected chi connectivity index (χ3v) is 5.18. The zero-order valence-electron chi connectivity index (χ0n) is 15.7. The van der Waals surface area contributed by atoms with Crippen molar-refractivity contribution < 1.29 is 22.4 Å². The van der Waals surface area contributed by atoms with Crippen LogP contribution in [0.25, 0.3) is 17.1 Å². The Balaban J connectivity index is 1.65. The van der Waals surface area contributed by atoms with Crippen LogP contribution >= 0.6 is 0 Å². The van der Waals surface area contributed by atoms with E-state index in [1.54, 1.807) is 25.1 Å². The largest absolute Gasteiger partial charge is 0.422 e. The number of para-hydroxylation sites is 2. The summed E-state index contributed by atoms with van der Waals surface area (Å²) in [5.74, 6) is -0.519. The molecule has 0 saturated carbocycles. The van der Waals surface area contributed by atoms with Gasteiger partial charge in [-0.05, 0) is 30.7 Å². The molecule has 0 spiro atoms. The van der Waals surface area contributed by atoms with Crippen molar-refractivity contribution in [1.29, 1.82) is 0 Å². The van der Waals surface area contributed by atoms with E-state index in [4.69, 9.17) is 4.42 Å². The Labute approximate surface area is 168 Å². The number of hydrogen-bond donors (Lipinski definition) is 1. The Morgan fingerprint density at radius 3 is 2.73 bits per heavy atom. The summed E-state index contributed by atoms with van der Waals surface area (Å²) in [4.78, 5) is 16.8. The fraction of sp³-hybridized carbons (Fsp3) is 0.190. The molecular weight excluding hydrogens is 397 g/mol. The number of hydrogen-bond acceptors (Lipinski definition) is 4. The SMILES string of the molecule is Cc1nn(-c2nc3ccccc3o2)c2c1[C@@H](c1cccc(C(F)(F)F)c1)CC(=O)N2. The first-order chi connectivity index (χ1) is 14.3. The van der Waals surface area contributed by atoms with Crippen LogP contribution in [0.4, 0.5) is 19.0 Å². The topological polar surface area (TPSA) is 73.0 Å². The molecule has 30 heavy (non-hydrogen) atoms. The highest BCUT2D eigenvalue weighted by molar-refractivity contribution is 5.95. The van der Waals surface area contributed by atoms with Crippen LogP contribution in [0.1, 0.15) is 34.7 Å². The van der Waals surface area contributed by atoms with E-state index < -0.39 is 17.7 Å². The van der Waals surface area contributed by atoms with Gasteiger partial charge in [0.2, 0.25) is 5.91 Å². The van der Waals surface area contributed by atoms with Gasteiger partial charge in [0.15, 0.2) is 5.58 Å². The van der Waals surface area contributed by atoms with Crippen molar-refractivity contribution >= 4 is 22.8 Å². The van der Waals surface area contributed by atoms with Crippen molar-refractivity contribution in [1.82, 2.24) is 14.8 Å². The number of oxazole rings is 1. The number of nitrogens with one attached hydrogen (secondary N) is 1. The zero-order chi connectivity index (χ0) is 21.0. The Morgan fingerprint density at radius 2 is 1.97 bits per heavy atom. The molecule has 0 saturated heterocycles. The molecule has 0 fully saturated rings. The lowest BCUT2D eigenvalue weighted by atomic mass is 9.85. The van der Waals surface area contributed by atoms with Crippen LogP contribution in [-0.2, 0) is 11.0 Å². The maximum Gasteiger partial charge on any atom is 0.416 e. The molecule has 5 rings (SSSR count). The minimum atomic E-state index is -4.47. The van der Waals surface area contributed by atoms with Gasteiger partial charge in [0.05, 0.1) is 11.3 Å². The molecule has 4 aromatic rings. The van der Waals surface area contributed by atoms with Gasteiger partial charge < -0.3 is 9.73 Å². The van der Waals surface area contributed by atoms with Gasteiger partial charge in [0.25, 0.3) is 0 Å². The molecule has 2 aromatic carbocycles. The van der Waals surface area contributed by atoms with Crippen LogP contribution in [0.5, 0.6) is 0 Å². The lowest BCUT2D eigenvalue weighted by Gasteiger charge is -2.24. The molecule has 0 unspecified atom stereocenters. The second-order valence-electron chi connectivity index (χ2n) is 7.15. The van der Waals surface area contributed by atoms with Crippen molar-refractivity contribution in [2.45, 2.75) is 25.4 Å².